The Hall–Kier alpha value is -2.95. The van der Waals surface area contributed by atoms with E-state index in [1.54, 1.807) is 19.1 Å². The molecule has 0 bridgehead atoms. The number of amides is 1. The van der Waals surface area contributed by atoms with Crippen molar-refractivity contribution in [2.75, 3.05) is 6.54 Å². The molecule has 4 nitrogen and oxygen atoms in total. The number of hydrogen-bond donors (Lipinski definition) is 0. The SMILES string of the molecule is CC(=O)N1CCc2c(c(Cc3ccc(-c4ccc(F)cc4)cc3)nn2C)C1. The number of aromatic nitrogens is 2. The van der Waals surface area contributed by atoms with Gasteiger partial charge in [-0.25, -0.2) is 4.39 Å². The number of carbonyl (C=O) groups is 1. The fraction of sp³-hybridized carbons (Fsp3) is 0.273. The van der Waals surface area contributed by atoms with E-state index < -0.39 is 0 Å². The van der Waals surface area contributed by atoms with Gasteiger partial charge in [0.1, 0.15) is 5.82 Å². The second-order valence-corrected chi connectivity index (χ2v) is 7.07. The second kappa shape index (κ2) is 6.99. The van der Waals surface area contributed by atoms with E-state index in [4.69, 9.17) is 5.10 Å². The Morgan fingerprint density at radius 2 is 1.70 bits per heavy atom. The Morgan fingerprint density at radius 3 is 2.33 bits per heavy atom. The van der Waals surface area contributed by atoms with E-state index in [0.717, 1.165) is 36.2 Å². The summed E-state index contributed by atoms with van der Waals surface area (Å²) >= 11 is 0. The van der Waals surface area contributed by atoms with Gasteiger partial charge in [-0.3, -0.25) is 9.48 Å². The van der Waals surface area contributed by atoms with E-state index in [1.165, 1.54) is 29.0 Å². The van der Waals surface area contributed by atoms with Crippen LogP contribution in [0.1, 0.15) is 29.4 Å². The molecule has 2 heterocycles. The van der Waals surface area contributed by atoms with Crippen LogP contribution in [0.2, 0.25) is 0 Å². The molecule has 0 fully saturated rings. The third-order valence-electron chi connectivity index (χ3n) is 5.27. The van der Waals surface area contributed by atoms with Crippen LogP contribution in [0.15, 0.2) is 48.5 Å². The standard InChI is InChI=1S/C22H22FN3O/c1-15(27)26-12-11-22-20(14-26)21(24-25(22)2)13-16-3-5-17(6-4-16)18-7-9-19(23)10-8-18/h3-10H,11-14H2,1-2H3. The molecule has 1 aliphatic rings. The molecule has 0 N–H and O–H groups in total. The average Bonchev–Trinajstić information content (AvgIpc) is 2.98. The lowest BCUT2D eigenvalue weighted by Crippen LogP contribution is -2.34. The van der Waals surface area contributed by atoms with Crippen LogP contribution in [0.4, 0.5) is 4.39 Å². The summed E-state index contributed by atoms with van der Waals surface area (Å²) in [6, 6.07) is 14.8. The van der Waals surface area contributed by atoms with Crippen molar-refractivity contribution in [3.8, 4) is 11.1 Å². The smallest absolute Gasteiger partial charge is 0.219 e. The minimum absolute atomic E-state index is 0.110. The maximum atomic E-state index is 13.1. The van der Waals surface area contributed by atoms with E-state index in [9.17, 15) is 9.18 Å². The minimum Gasteiger partial charge on any atom is -0.338 e. The number of nitrogens with zero attached hydrogens (tertiary/aromatic N) is 3. The number of fused-ring (bicyclic) bond motifs is 1. The lowest BCUT2D eigenvalue weighted by molar-refractivity contribution is -0.129. The van der Waals surface area contributed by atoms with Crippen molar-refractivity contribution in [2.24, 2.45) is 7.05 Å². The van der Waals surface area contributed by atoms with Crippen LogP contribution in [0.5, 0.6) is 0 Å². The first kappa shape index (κ1) is 17.5. The van der Waals surface area contributed by atoms with Gasteiger partial charge in [0.2, 0.25) is 5.91 Å². The monoisotopic (exact) mass is 363 g/mol. The molecule has 4 rings (SSSR count). The first-order chi connectivity index (χ1) is 13.0. The van der Waals surface area contributed by atoms with E-state index in [0.29, 0.717) is 6.54 Å². The molecule has 0 radical (unpaired) electrons. The molecule has 0 atom stereocenters. The molecule has 27 heavy (non-hydrogen) atoms. The summed E-state index contributed by atoms with van der Waals surface area (Å²) in [5, 5.41) is 4.71. The molecule has 0 unspecified atom stereocenters. The predicted molar refractivity (Wildman–Crippen MR) is 103 cm³/mol. The molecule has 0 spiro atoms. The van der Waals surface area contributed by atoms with Crippen LogP contribution in [-0.2, 0) is 31.2 Å². The molecule has 1 amide bonds. The minimum atomic E-state index is -0.227. The Balaban J connectivity index is 1.56. The summed E-state index contributed by atoms with van der Waals surface area (Å²) in [6.45, 7) is 3.02. The first-order valence-electron chi connectivity index (χ1n) is 9.15. The largest absolute Gasteiger partial charge is 0.338 e. The molecule has 2 aromatic carbocycles. The highest BCUT2D eigenvalue weighted by Gasteiger charge is 2.25. The number of rotatable bonds is 3. The van der Waals surface area contributed by atoms with E-state index in [-0.39, 0.29) is 11.7 Å². The Labute approximate surface area is 158 Å². The van der Waals surface area contributed by atoms with Gasteiger partial charge in [-0.05, 0) is 28.8 Å². The predicted octanol–water partition coefficient (Wildman–Crippen LogP) is 3.72. The van der Waals surface area contributed by atoms with Gasteiger partial charge in [0.25, 0.3) is 0 Å². The number of aryl methyl sites for hydroxylation is 1. The summed E-state index contributed by atoms with van der Waals surface area (Å²) in [5.41, 5.74) is 6.67. The van der Waals surface area contributed by atoms with Crippen molar-refractivity contribution in [1.29, 1.82) is 0 Å². The maximum Gasteiger partial charge on any atom is 0.219 e. The second-order valence-electron chi connectivity index (χ2n) is 7.07. The van der Waals surface area contributed by atoms with Crippen molar-refractivity contribution in [3.05, 3.63) is 76.9 Å². The summed E-state index contributed by atoms with van der Waals surface area (Å²) in [6.07, 6.45) is 1.58. The molecule has 0 saturated heterocycles. The third kappa shape index (κ3) is 3.50. The lowest BCUT2D eigenvalue weighted by Gasteiger charge is -2.26. The van der Waals surface area contributed by atoms with Crippen LogP contribution in [-0.4, -0.2) is 27.1 Å². The molecule has 0 saturated carbocycles. The zero-order valence-corrected chi connectivity index (χ0v) is 15.6. The molecule has 5 heteroatoms. The molecule has 0 aliphatic carbocycles. The highest BCUT2D eigenvalue weighted by molar-refractivity contribution is 5.73. The zero-order valence-electron chi connectivity index (χ0n) is 15.6. The van der Waals surface area contributed by atoms with E-state index in [1.807, 2.05) is 16.6 Å². The fourth-order valence-corrected chi connectivity index (χ4v) is 3.73. The van der Waals surface area contributed by atoms with Gasteiger partial charge in [-0.2, -0.15) is 5.10 Å². The molecule has 138 valence electrons. The number of hydrogen-bond acceptors (Lipinski definition) is 2. The van der Waals surface area contributed by atoms with Crippen LogP contribution >= 0.6 is 0 Å². The maximum absolute atomic E-state index is 13.1. The third-order valence-corrected chi connectivity index (χ3v) is 5.27. The molecule has 3 aromatic rings. The summed E-state index contributed by atoms with van der Waals surface area (Å²) in [7, 11) is 1.98. The fourth-order valence-electron chi connectivity index (χ4n) is 3.73. The number of benzene rings is 2. The van der Waals surface area contributed by atoms with Gasteiger partial charge in [0, 0.05) is 51.2 Å². The van der Waals surface area contributed by atoms with Crippen molar-refractivity contribution in [2.45, 2.75) is 26.3 Å². The van der Waals surface area contributed by atoms with Crippen molar-refractivity contribution >= 4 is 5.91 Å². The first-order valence-corrected chi connectivity index (χ1v) is 9.15. The number of halogens is 1. The van der Waals surface area contributed by atoms with Gasteiger partial charge in [-0.1, -0.05) is 36.4 Å². The van der Waals surface area contributed by atoms with Gasteiger partial charge in [0.05, 0.1) is 5.69 Å². The number of carbonyl (C=O) groups excluding carboxylic acids is 1. The van der Waals surface area contributed by atoms with Gasteiger partial charge in [-0.15, -0.1) is 0 Å². The quantitative estimate of drug-likeness (QED) is 0.711. The summed E-state index contributed by atoms with van der Waals surface area (Å²) < 4.78 is 15.0. The van der Waals surface area contributed by atoms with Crippen molar-refractivity contribution < 1.29 is 9.18 Å². The van der Waals surface area contributed by atoms with E-state index in [2.05, 4.69) is 24.3 Å². The summed E-state index contributed by atoms with van der Waals surface area (Å²) in [4.78, 5) is 13.6. The summed E-state index contributed by atoms with van der Waals surface area (Å²) in [5.74, 6) is -0.117. The van der Waals surface area contributed by atoms with E-state index >= 15 is 0 Å². The highest BCUT2D eigenvalue weighted by Crippen LogP contribution is 2.25. The van der Waals surface area contributed by atoms with Crippen molar-refractivity contribution in [3.63, 3.8) is 0 Å². The van der Waals surface area contributed by atoms with Crippen molar-refractivity contribution in [1.82, 2.24) is 14.7 Å². The molecule has 1 aromatic heterocycles. The molecular formula is C22H22FN3O. The Kier molecular flexibility index (Phi) is 4.52. The zero-order chi connectivity index (χ0) is 19.0. The van der Waals surface area contributed by atoms with Crippen LogP contribution in [0.3, 0.4) is 0 Å². The highest BCUT2D eigenvalue weighted by atomic mass is 19.1. The van der Waals surface area contributed by atoms with Gasteiger partial charge in [0.15, 0.2) is 0 Å². The molecular weight excluding hydrogens is 341 g/mol. The Morgan fingerprint density at radius 1 is 1.07 bits per heavy atom. The van der Waals surface area contributed by atoms with Gasteiger partial charge < -0.3 is 4.90 Å². The topological polar surface area (TPSA) is 38.1 Å². The van der Waals surface area contributed by atoms with Crippen LogP contribution in [0.25, 0.3) is 11.1 Å². The lowest BCUT2D eigenvalue weighted by atomic mass is 9.99. The molecule has 1 aliphatic heterocycles. The normalized spacial score (nSPS) is 13.5. The van der Waals surface area contributed by atoms with Gasteiger partial charge >= 0.3 is 0 Å². The van der Waals surface area contributed by atoms with Crippen LogP contribution < -0.4 is 0 Å². The average molecular weight is 363 g/mol. The Bertz CT molecular complexity index is 974. The van der Waals surface area contributed by atoms with Crippen LogP contribution in [0, 0.1) is 5.82 Å².